The molecule has 7 heteroatoms. The van der Waals surface area contributed by atoms with Gasteiger partial charge in [-0.3, -0.25) is 9.52 Å². The van der Waals surface area contributed by atoms with Gasteiger partial charge in [0.15, 0.2) is 0 Å². The standard InChI is InChI=1S/C19H23N3O3S/c1-2-25-19(24)22-11-9-14(10-12-22)21-26-18-8-4-5-15-16(18)6-3-7-17(15)20-13-23/h3-8,13-14,21H,2,9-12H2,1H3,(H,20,23). The smallest absolute Gasteiger partial charge is 0.409 e. The van der Waals surface area contributed by atoms with Crippen molar-refractivity contribution in [3.8, 4) is 0 Å². The molecule has 0 aliphatic carbocycles. The molecule has 26 heavy (non-hydrogen) atoms. The molecule has 1 saturated heterocycles. The summed E-state index contributed by atoms with van der Waals surface area (Å²) < 4.78 is 8.58. The fraction of sp³-hybridized carbons (Fsp3) is 0.368. The molecule has 1 aliphatic heterocycles. The number of benzene rings is 2. The summed E-state index contributed by atoms with van der Waals surface area (Å²) in [6.45, 7) is 3.65. The van der Waals surface area contributed by atoms with Gasteiger partial charge >= 0.3 is 6.09 Å². The van der Waals surface area contributed by atoms with Gasteiger partial charge in [0.1, 0.15) is 0 Å². The van der Waals surface area contributed by atoms with Gasteiger partial charge in [-0.15, -0.1) is 0 Å². The topological polar surface area (TPSA) is 70.7 Å². The van der Waals surface area contributed by atoms with E-state index in [9.17, 15) is 9.59 Å². The molecule has 2 aromatic rings. The number of carbonyl (C=O) groups is 2. The van der Waals surface area contributed by atoms with E-state index in [0.29, 0.717) is 32.1 Å². The van der Waals surface area contributed by atoms with E-state index in [1.165, 1.54) is 0 Å². The molecule has 3 rings (SSSR count). The molecule has 1 heterocycles. The number of ether oxygens (including phenoxy) is 1. The van der Waals surface area contributed by atoms with Crippen LogP contribution in [0.15, 0.2) is 41.3 Å². The van der Waals surface area contributed by atoms with Gasteiger partial charge in [-0.25, -0.2) is 4.79 Å². The molecule has 6 nitrogen and oxygen atoms in total. The predicted molar refractivity (Wildman–Crippen MR) is 104 cm³/mol. The Hall–Kier alpha value is -2.25. The van der Waals surface area contributed by atoms with Crippen LogP contribution in [-0.4, -0.2) is 43.1 Å². The van der Waals surface area contributed by atoms with Crippen molar-refractivity contribution in [3.05, 3.63) is 36.4 Å². The summed E-state index contributed by atoms with van der Waals surface area (Å²) in [5, 5.41) is 4.86. The Labute approximate surface area is 157 Å². The molecule has 0 atom stereocenters. The molecule has 2 N–H and O–H groups in total. The second kappa shape index (κ2) is 8.91. The van der Waals surface area contributed by atoms with Crippen LogP contribution >= 0.6 is 11.9 Å². The third-order valence-electron chi connectivity index (χ3n) is 4.45. The van der Waals surface area contributed by atoms with Crippen LogP contribution in [0.5, 0.6) is 0 Å². The summed E-state index contributed by atoms with van der Waals surface area (Å²) in [6.07, 6.45) is 2.27. The number of nitrogens with zero attached hydrogens (tertiary/aromatic N) is 1. The van der Waals surface area contributed by atoms with Crippen LogP contribution < -0.4 is 10.0 Å². The average Bonchev–Trinajstić information content (AvgIpc) is 2.67. The highest BCUT2D eigenvalue weighted by atomic mass is 32.2. The highest BCUT2D eigenvalue weighted by Crippen LogP contribution is 2.31. The summed E-state index contributed by atoms with van der Waals surface area (Å²) >= 11 is 1.60. The van der Waals surface area contributed by atoms with Gasteiger partial charge in [0, 0.05) is 35.1 Å². The van der Waals surface area contributed by atoms with E-state index in [4.69, 9.17) is 4.74 Å². The maximum atomic E-state index is 11.8. The molecule has 0 aromatic heterocycles. The first-order valence-corrected chi connectivity index (χ1v) is 9.60. The van der Waals surface area contributed by atoms with Crippen LogP contribution in [0, 0.1) is 0 Å². The number of piperidine rings is 1. The third kappa shape index (κ3) is 4.28. The Morgan fingerprint density at radius 1 is 1.23 bits per heavy atom. The first kappa shape index (κ1) is 18.5. The normalized spacial score (nSPS) is 15.0. The van der Waals surface area contributed by atoms with Crippen molar-refractivity contribution >= 4 is 40.9 Å². The third-order valence-corrected chi connectivity index (χ3v) is 5.48. The SMILES string of the molecule is CCOC(=O)N1CCC(NSc2cccc3c(NC=O)cccc23)CC1. The minimum absolute atomic E-state index is 0.220. The van der Waals surface area contributed by atoms with Crippen molar-refractivity contribution in [2.24, 2.45) is 0 Å². The lowest BCUT2D eigenvalue weighted by Gasteiger charge is -2.31. The molecule has 2 amide bonds. The number of anilines is 1. The van der Waals surface area contributed by atoms with Crippen molar-refractivity contribution < 1.29 is 14.3 Å². The van der Waals surface area contributed by atoms with Crippen molar-refractivity contribution in [2.75, 3.05) is 25.0 Å². The fourth-order valence-corrected chi connectivity index (χ4v) is 4.06. The number of rotatable bonds is 6. The monoisotopic (exact) mass is 373 g/mol. The fourth-order valence-electron chi connectivity index (χ4n) is 3.10. The van der Waals surface area contributed by atoms with E-state index in [1.807, 2.05) is 31.2 Å². The lowest BCUT2D eigenvalue weighted by atomic mass is 10.1. The molecule has 138 valence electrons. The quantitative estimate of drug-likeness (QED) is 0.598. The van der Waals surface area contributed by atoms with Crippen molar-refractivity contribution in [1.82, 2.24) is 9.62 Å². The van der Waals surface area contributed by atoms with E-state index in [0.717, 1.165) is 34.2 Å². The summed E-state index contributed by atoms with van der Waals surface area (Å²) in [7, 11) is 0. The zero-order valence-corrected chi connectivity index (χ0v) is 15.6. The second-order valence-corrected chi connectivity index (χ2v) is 6.98. The lowest BCUT2D eigenvalue weighted by Crippen LogP contribution is -2.43. The van der Waals surface area contributed by atoms with Crippen LogP contribution in [0.1, 0.15) is 19.8 Å². The molecule has 2 aromatic carbocycles. The molecule has 0 radical (unpaired) electrons. The van der Waals surface area contributed by atoms with Gasteiger partial charge < -0.3 is 15.0 Å². The molecule has 0 unspecified atom stereocenters. The van der Waals surface area contributed by atoms with Gasteiger partial charge in [0.25, 0.3) is 0 Å². The maximum absolute atomic E-state index is 11.8. The number of carbonyl (C=O) groups excluding carboxylic acids is 2. The summed E-state index contributed by atoms with van der Waals surface area (Å²) in [5.74, 6) is 0. The van der Waals surface area contributed by atoms with Gasteiger partial charge in [0.05, 0.1) is 6.61 Å². The Morgan fingerprint density at radius 2 is 1.96 bits per heavy atom. The van der Waals surface area contributed by atoms with Crippen LogP contribution in [0.3, 0.4) is 0 Å². The number of nitrogens with one attached hydrogen (secondary N) is 2. The summed E-state index contributed by atoms with van der Waals surface area (Å²) in [4.78, 5) is 25.4. The first-order chi connectivity index (χ1) is 12.7. The predicted octanol–water partition coefficient (Wildman–Crippen LogP) is 3.63. The molecular formula is C19H23N3O3S. The zero-order chi connectivity index (χ0) is 18.4. The van der Waals surface area contributed by atoms with E-state index in [1.54, 1.807) is 16.8 Å². The Bertz CT molecular complexity index is 776. The van der Waals surface area contributed by atoms with E-state index >= 15 is 0 Å². The van der Waals surface area contributed by atoms with Crippen LogP contribution in [0.2, 0.25) is 0 Å². The molecule has 1 fully saturated rings. The Balaban J connectivity index is 1.61. The summed E-state index contributed by atoms with van der Waals surface area (Å²) in [6, 6.07) is 12.3. The van der Waals surface area contributed by atoms with E-state index in [-0.39, 0.29) is 6.09 Å². The van der Waals surface area contributed by atoms with Crippen LogP contribution in [0.4, 0.5) is 10.5 Å². The Kier molecular flexibility index (Phi) is 6.35. The number of amides is 2. The highest BCUT2D eigenvalue weighted by molar-refractivity contribution is 7.97. The van der Waals surface area contributed by atoms with Crippen LogP contribution in [-0.2, 0) is 9.53 Å². The average molecular weight is 373 g/mol. The minimum atomic E-state index is -0.220. The number of fused-ring (bicyclic) bond motifs is 1. The molecule has 0 spiro atoms. The molecule has 0 bridgehead atoms. The maximum Gasteiger partial charge on any atom is 0.409 e. The largest absolute Gasteiger partial charge is 0.450 e. The second-order valence-electron chi connectivity index (χ2n) is 6.10. The van der Waals surface area contributed by atoms with Gasteiger partial charge in [-0.2, -0.15) is 0 Å². The van der Waals surface area contributed by atoms with E-state index in [2.05, 4.69) is 22.2 Å². The lowest BCUT2D eigenvalue weighted by molar-refractivity contribution is -0.105. The highest BCUT2D eigenvalue weighted by Gasteiger charge is 2.23. The first-order valence-electron chi connectivity index (χ1n) is 8.79. The molecular weight excluding hydrogens is 350 g/mol. The van der Waals surface area contributed by atoms with Gasteiger partial charge in [0.2, 0.25) is 6.41 Å². The zero-order valence-electron chi connectivity index (χ0n) is 14.7. The van der Waals surface area contributed by atoms with Gasteiger partial charge in [-0.1, -0.05) is 24.3 Å². The Morgan fingerprint density at radius 3 is 2.69 bits per heavy atom. The molecule has 0 saturated carbocycles. The van der Waals surface area contributed by atoms with Gasteiger partial charge in [-0.05, 0) is 49.2 Å². The minimum Gasteiger partial charge on any atom is -0.450 e. The number of hydrogen-bond donors (Lipinski definition) is 2. The number of hydrogen-bond acceptors (Lipinski definition) is 5. The van der Waals surface area contributed by atoms with Crippen LogP contribution in [0.25, 0.3) is 10.8 Å². The molecule has 1 aliphatic rings. The van der Waals surface area contributed by atoms with Crippen molar-refractivity contribution in [1.29, 1.82) is 0 Å². The number of likely N-dealkylation sites (tertiary alicyclic amines) is 1. The van der Waals surface area contributed by atoms with Crippen molar-refractivity contribution in [2.45, 2.75) is 30.7 Å². The van der Waals surface area contributed by atoms with Crippen molar-refractivity contribution in [3.63, 3.8) is 0 Å². The van der Waals surface area contributed by atoms with E-state index < -0.39 is 0 Å². The summed E-state index contributed by atoms with van der Waals surface area (Å²) in [5.41, 5.74) is 0.808.